The van der Waals surface area contributed by atoms with Gasteiger partial charge in [0.1, 0.15) is 5.92 Å². The highest BCUT2D eigenvalue weighted by atomic mass is 32.2. The molecule has 5 nitrogen and oxygen atoms in total. The molecule has 0 bridgehead atoms. The van der Waals surface area contributed by atoms with Crippen molar-refractivity contribution in [2.75, 3.05) is 12.8 Å². The summed E-state index contributed by atoms with van der Waals surface area (Å²) in [7, 11) is 0. The fourth-order valence-corrected chi connectivity index (χ4v) is 1.82. The molecule has 0 radical (unpaired) electrons. The third kappa shape index (κ3) is 5.81. The normalized spacial score (nSPS) is 15.7. The van der Waals surface area contributed by atoms with Gasteiger partial charge < -0.3 is 16.3 Å². The van der Waals surface area contributed by atoms with E-state index >= 15 is 0 Å². The summed E-state index contributed by atoms with van der Waals surface area (Å²) < 4.78 is 0. The highest BCUT2D eigenvalue weighted by Crippen LogP contribution is 2.12. The predicted molar refractivity (Wildman–Crippen MR) is 72.3 cm³/mol. The smallest absolute Gasteiger partial charge is 0.231 e. The molecule has 2 atom stereocenters. The van der Waals surface area contributed by atoms with Crippen LogP contribution in [0.25, 0.3) is 0 Å². The van der Waals surface area contributed by atoms with Crippen molar-refractivity contribution in [1.82, 2.24) is 5.32 Å². The molecular formula is C11H23N3O2S. The standard InChI is InChI=1S/C11H23N3O2S/c1-7(2)9(10(12)14-16)11(15)13-6-5-8(3)17-4/h7-9,16H,5-6H2,1-4H3,(H2,12,14)(H,13,15). The molecule has 0 saturated carbocycles. The van der Waals surface area contributed by atoms with Crippen molar-refractivity contribution >= 4 is 23.5 Å². The molecule has 0 aromatic carbocycles. The molecule has 0 aliphatic rings. The van der Waals surface area contributed by atoms with E-state index < -0.39 is 5.92 Å². The van der Waals surface area contributed by atoms with Crippen LogP contribution in [0, 0.1) is 11.8 Å². The zero-order valence-electron chi connectivity index (χ0n) is 10.9. The average molecular weight is 261 g/mol. The van der Waals surface area contributed by atoms with E-state index in [4.69, 9.17) is 10.9 Å². The summed E-state index contributed by atoms with van der Waals surface area (Å²) in [6, 6.07) is 0. The van der Waals surface area contributed by atoms with Crippen LogP contribution in [-0.4, -0.2) is 35.0 Å². The second-order valence-corrected chi connectivity index (χ2v) is 5.65. The van der Waals surface area contributed by atoms with E-state index in [0.29, 0.717) is 11.8 Å². The lowest BCUT2D eigenvalue weighted by Gasteiger charge is -2.19. The number of amides is 1. The second kappa shape index (κ2) is 8.22. The van der Waals surface area contributed by atoms with Gasteiger partial charge in [0.05, 0.1) is 0 Å². The lowest BCUT2D eigenvalue weighted by Crippen LogP contribution is -2.42. The van der Waals surface area contributed by atoms with Gasteiger partial charge >= 0.3 is 0 Å². The first-order valence-corrected chi connectivity index (χ1v) is 7.00. The summed E-state index contributed by atoms with van der Waals surface area (Å²) in [5, 5.41) is 14.9. The van der Waals surface area contributed by atoms with Gasteiger partial charge in [0, 0.05) is 11.8 Å². The molecule has 6 heteroatoms. The van der Waals surface area contributed by atoms with Gasteiger partial charge in [-0.1, -0.05) is 25.9 Å². The Morgan fingerprint density at radius 3 is 2.47 bits per heavy atom. The maximum atomic E-state index is 11.9. The zero-order valence-corrected chi connectivity index (χ0v) is 11.8. The lowest BCUT2D eigenvalue weighted by molar-refractivity contribution is -0.124. The van der Waals surface area contributed by atoms with Crippen LogP contribution in [0.3, 0.4) is 0 Å². The number of oxime groups is 1. The molecule has 2 unspecified atom stereocenters. The number of nitrogens with zero attached hydrogens (tertiary/aromatic N) is 1. The average Bonchev–Trinajstić information content (AvgIpc) is 2.28. The fraction of sp³-hybridized carbons (Fsp3) is 0.818. The summed E-state index contributed by atoms with van der Waals surface area (Å²) in [4.78, 5) is 11.9. The van der Waals surface area contributed by atoms with Crippen molar-refractivity contribution in [1.29, 1.82) is 0 Å². The molecular weight excluding hydrogens is 238 g/mol. The number of carbonyl (C=O) groups excluding carboxylic acids is 1. The first kappa shape index (κ1) is 16.1. The quantitative estimate of drug-likeness (QED) is 0.279. The van der Waals surface area contributed by atoms with E-state index in [9.17, 15) is 4.79 Å². The monoisotopic (exact) mass is 261 g/mol. The Bertz CT molecular complexity index is 269. The molecule has 0 aliphatic carbocycles. The first-order valence-electron chi connectivity index (χ1n) is 5.71. The molecule has 0 aliphatic heterocycles. The van der Waals surface area contributed by atoms with Crippen molar-refractivity contribution < 1.29 is 10.0 Å². The SMILES string of the molecule is CSC(C)CCNC(=O)C(C(N)=NO)C(C)C. The van der Waals surface area contributed by atoms with E-state index in [-0.39, 0.29) is 17.7 Å². The van der Waals surface area contributed by atoms with Crippen LogP contribution in [0.5, 0.6) is 0 Å². The van der Waals surface area contributed by atoms with Gasteiger partial charge in [-0.15, -0.1) is 0 Å². The zero-order chi connectivity index (χ0) is 13.4. The minimum Gasteiger partial charge on any atom is -0.409 e. The van der Waals surface area contributed by atoms with Crippen LogP contribution in [0.4, 0.5) is 0 Å². The number of carbonyl (C=O) groups is 1. The fourth-order valence-electron chi connectivity index (χ4n) is 1.47. The van der Waals surface area contributed by atoms with Gasteiger partial charge in [0.2, 0.25) is 5.91 Å². The maximum absolute atomic E-state index is 11.9. The van der Waals surface area contributed by atoms with Crippen LogP contribution >= 0.6 is 11.8 Å². The predicted octanol–water partition coefficient (Wildman–Crippen LogP) is 1.26. The summed E-state index contributed by atoms with van der Waals surface area (Å²) in [6.07, 6.45) is 2.95. The number of thioether (sulfide) groups is 1. The summed E-state index contributed by atoms with van der Waals surface area (Å²) >= 11 is 1.76. The molecule has 1 amide bonds. The van der Waals surface area contributed by atoms with Gasteiger partial charge in [-0.2, -0.15) is 11.8 Å². The van der Waals surface area contributed by atoms with Crippen LogP contribution in [-0.2, 0) is 4.79 Å². The van der Waals surface area contributed by atoms with Crippen molar-refractivity contribution in [3.63, 3.8) is 0 Å². The summed E-state index contributed by atoms with van der Waals surface area (Å²) in [6.45, 7) is 6.46. The number of amidine groups is 1. The third-order valence-electron chi connectivity index (χ3n) is 2.64. The minimum atomic E-state index is -0.565. The first-order chi connectivity index (χ1) is 7.93. The van der Waals surface area contributed by atoms with Crippen LogP contribution in [0.1, 0.15) is 27.2 Å². The molecule has 0 rings (SSSR count). The van der Waals surface area contributed by atoms with Gasteiger partial charge in [-0.3, -0.25) is 4.79 Å². The minimum absolute atomic E-state index is 0.00359. The van der Waals surface area contributed by atoms with Crippen LogP contribution in [0.15, 0.2) is 5.16 Å². The van der Waals surface area contributed by atoms with Crippen molar-refractivity contribution in [3.05, 3.63) is 0 Å². The number of rotatable bonds is 7. The van der Waals surface area contributed by atoms with Gasteiger partial charge in [0.15, 0.2) is 5.84 Å². The Balaban J connectivity index is 4.26. The molecule has 0 aromatic heterocycles. The van der Waals surface area contributed by atoms with Crippen molar-refractivity contribution in [2.45, 2.75) is 32.4 Å². The van der Waals surface area contributed by atoms with Gasteiger partial charge in [0.25, 0.3) is 0 Å². The number of nitrogens with one attached hydrogen (secondary N) is 1. The molecule has 0 heterocycles. The molecule has 0 fully saturated rings. The lowest BCUT2D eigenvalue weighted by atomic mass is 9.94. The number of nitrogens with two attached hydrogens (primary N) is 1. The Morgan fingerprint density at radius 1 is 1.47 bits per heavy atom. The topological polar surface area (TPSA) is 87.7 Å². The van der Waals surface area contributed by atoms with Crippen LogP contribution < -0.4 is 11.1 Å². The Hall–Kier alpha value is -0.910. The molecule has 4 N–H and O–H groups in total. The largest absolute Gasteiger partial charge is 0.409 e. The summed E-state index contributed by atoms with van der Waals surface area (Å²) in [5.41, 5.74) is 5.51. The number of hydrogen-bond acceptors (Lipinski definition) is 4. The number of hydrogen-bond donors (Lipinski definition) is 3. The maximum Gasteiger partial charge on any atom is 0.231 e. The van der Waals surface area contributed by atoms with Gasteiger partial charge in [-0.25, -0.2) is 0 Å². The van der Waals surface area contributed by atoms with E-state index in [1.165, 1.54) is 0 Å². The second-order valence-electron chi connectivity index (χ2n) is 4.37. The van der Waals surface area contributed by atoms with E-state index in [1.807, 2.05) is 20.1 Å². The van der Waals surface area contributed by atoms with Crippen molar-refractivity contribution in [2.24, 2.45) is 22.7 Å². The molecule has 100 valence electrons. The Morgan fingerprint density at radius 2 is 2.06 bits per heavy atom. The summed E-state index contributed by atoms with van der Waals surface area (Å²) in [5.74, 6) is -0.771. The molecule has 0 spiro atoms. The highest BCUT2D eigenvalue weighted by Gasteiger charge is 2.26. The highest BCUT2D eigenvalue weighted by molar-refractivity contribution is 7.99. The Labute approximate surface area is 107 Å². The van der Waals surface area contributed by atoms with Gasteiger partial charge in [-0.05, 0) is 18.6 Å². The molecule has 0 saturated heterocycles. The third-order valence-corrected chi connectivity index (χ3v) is 3.68. The van der Waals surface area contributed by atoms with Crippen molar-refractivity contribution in [3.8, 4) is 0 Å². The van der Waals surface area contributed by atoms with E-state index in [2.05, 4.69) is 17.4 Å². The molecule has 0 aromatic rings. The molecule has 17 heavy (non-hydrogen) atoms. The van der Waals surface area contributed by atoms with E-state index in [1.54, 1.807) is 11.8 Å². The van der Waals surface area contributed by atoms with Crippen LogP contribution in [0.2, 0.25) is 0 Å². The Kier molecular flexibility index (Phi) is 7.78. The van der Waals surface area contributed by atoms with E-state index in [0.717, 1.165) is 6.42 Å².